The molecule has 3 N–H and O–H groups in total. The highest BCUT2D eigenvalue weighted by Gasteiger charge is 2.35. The molecule has 2 aliphatic carbocycles. The normalized spacial score (nSPS) is 26.0. The van der Waals surface area contributed by atoms with Crippen molar-refractivity contribution in [2.24, 2.45) is 11.7 Å². The zero-order valence-corrected chi connectivity index (χ0v) is 11.0. The van der Waals surface area contributed by atoms with Crippen molar-refractivity contribution in [3.63, 3.8) is 0 Å². The summed E-state index contributed by atoms with van der Waals surface area (Å²) < 4.78 is 0. The van der Waals surface area contributed by atoms with Gasteiger partial charge in [-0.3, -0.25) is 4.79 Å². The van der Waals surface area contributed by atoms with Crippen LogP contribution in [0.3, 0.4) is 0 Å². The monoisotopic (exact) mass is 238 g/mol. The topological polar surface area (TPSA) is 55.1 Å². The van der Waals surface area contributed by atoms with E-state index >= 15 is 0 Å². The van der Waals surface area contributed by atoms with Gasteiger partial charge in [0.05, 0.1) is 0 Å². The molecule has 17 heavy (non-hydrogen) atoms. The van der Waals surface area contributed by atoms with Crippen molar-refractivity contribution in [2.75, 3.05) is 0 Å². The molecular weight excluding hydrogens is 212 g/mol. The predicted molar refractivity (Wildman–Crippen MR) is 69.6 cm³/mol. The highest BCUT2D eigenvalue weighted by Crippen LogP contribution is 2.32. The van der Waals surface area contributed by atoms with Crippen LogP contribution in [0.4, 0.5) is 0 Å². The number of carbonyl (C=O) groups is 1. The lowest BCUT2D eigenvalue weighted by Gasteiger charge is -2.38. The molecule has 0 bridgehead atoms. The highest BCUT2D eigenvalue weighted by molar-refractivity contribution is 5.77. The lowest BCUT2D eigenvalue weighted by Crippen LogP contribution is -2.51. The first-order chi connectivity index (χ1) is 8.09. The van der Waals surface area contributed by atoms with Crippen molar-refractivity contribution >= 4 is 5.91 Å². The first-order valence-electron chi connectivity index (χ1n) is 7.17. The third-order valence-corrected chi connectivity index (χ3v) is 4.61. The number of hydrogen-bond donors (Lipinski definition) is 2. The van der Waals surface area contributed by atoms with Gasteiger partial charge in [-0.05, 0) is 44.9 Å². The SMILES string of the molecule is CC(NC(=O)CC1(N)CCC1)C1CCCCC1. The van der Waals surface area contributed by atoms with Crippen molar-refractivity contribution < 1.29 is 4.79 Å². The number of nitrogens with two attached hydrogens (primary N) is 1. The molecule has 0 radical (unpaired) electrons. The Morgan fingerprint density at radius 1 is 1.29 bits per heavy atom. The molecule has 0 aromatic rings. The van der Waals surface area contributed by atoms with Crippen LogP contribution in [0.1, 0.15) is 64.7 Å². The molecule has 98 valence electrons. The summed E-state index contributed by atoms with van der Waals surface area (Å²) in [5, 5.41) is 3.15. The Balaban J connectivity index is 1.73. The van der Waals surface area contributed by atoms with Gasteiger partial charge in [0.25, 0.3) is 0 Å². The second-order valence-electron chi connectivity index (χ2n) is 6.15. The summed E-state index contributed by atoms with van der Waals surface area (Å²) in [6, 6.07) is 0.325. The molecule has 3 nitrogen and oxygen atoms in total. The maximum absolute atomic E-state index is 11.9. The van der Waals surface area contributed by atoms with Gasteiger partial charge < -0.3 is 11.1 Å². The summed E-state index contributed by atoms with van der Waals surface area (Å²) in [6.07, 6.45) is 10.3. The largest absolute Gasteiger partial charge is 0.353 e. The molecule has 0 heterocycles. The summed E-state index contributed by atoms with van der Waals surface area (Å²) in [5.74, 6) is 0.841. The predicted octanol–water partition coefficient (Wildman–Crippen LogP) is 2.34. The maximum atomic E-state index is 11.9. The minimum absolute atomic E-state index is 0.158. The number of rotatable bonds is 4. The van der Waals surface area contributed by atoms with E-state index < -0.39 is 0 Å². The van der Waals surface area contributed by atoms with Crippen molar-refractivity contribution in [1.29, 1.82) is 0 Å². The van der Waals surface area contributed by atoms with Crippen LogP contribution in [0.15, 0.2) is 0 Å². The molecule has 2 rings (SSSR count). The average molecular weight is 238 g/mol. The smallest absolute Gasteiger partial charge is 0.222 e. The van der Waals surface area contributed by atoms with E-state index in [-0.39, 0.29) is 11.4 Å². The summed E-state index contributed by atoms with van der Waals surface area (Å²) in [4.78, 5) is 11.9. The van der Waals surface area contributed by atoms with Crippen LogP contribution in [0.5, 0.6) is 0 Å². The molecule has 2 aliphatic rings. The van der Waals surface area contributed by atoms with E-state index in [2.05, 4.69) is 12.2 Å². The third-order valence-electron chi connectivity index (χ3n) is 4.61. The molecule has 0 aliphatic heterocycles. The molecule has 2 fully saturated rings. The Kier molecular flexibility index (Phi) is 4.08. The van der Waals surface area contributed by atoms with Gasteiger partial charge in [0, 0.05) is 18.0 Å². The summed E-state index contributed by atoms with van der Waals surface area (Å²) in [6.45, 7) is 2.15. The number of nitrogens with one attached hydrogen (secondary N) is 1. The van der Waals surface area contributed by atoms with Crippen LogP contribution in [-0.2, 0) is 4.79 Å². The Morgan fingerprint density at radius 3 is 2.47 bits per heavy atom. The van der Waals surface area contributed by atoms with Crippen LogP contribution < -0.4 is 11.1 Å². The van der Waals surface area contributed by atoms with Crippen LogP contribution >= 0.6 is 0 Å². The quantitative estimate of drug-likeness (QED) is 0.790. The van der Waals surface area contributed by atoms with E-state index in [0.717, 1.165) is 12.8 Å². The lowest BCUT2D eigenvalue weighted by molar-refractivity contribution is -0.124. The van der Waals surface area contributed by atoms with Crippen LogP contribution in [-0.4, -0.2) is 17.5 Å². The fraction of sp³-hybridized carbons (Fsp3) is 0.929. The van der Waals surface area contributed by atoms with Crippen molar-refractivity contribution in [2.45, 2.75) is 76.3 Å². The molecule has 0 saturated heterocycles. The fourth-order valence-corrected chi connectivity index (χ4v) is 3.18. The van der Waals surface area contributed by atoms with Crippen LogP contribution in [0.2, 0.25) is 0 Å². The second kappa shape index (κ2) is 5.38. The van der Waals surface area contributed by atoms with E-state index in [1.165, 1.54) is 38.5 Å². The summed E-state index contributed by atoms with van der Waals surface area (Å²) in [7, 11) is 0. The molecule has 2 saturated carbocycles. The van der Waals surface area contributed by atoms with Gasteiger partial charge in [-0.1, -0.05) is 19.3 Å². The lowest BCUT2D eigenvalue weighted by atomic mass is 9.75. The fourth-order valence-electron chi connectivity index (χ4n) is 3.18. The van der Waals surface area contributed by atoms with Gasteiger partial charge in [0.15, 0.2) is 0 Å². The van der Waals surface area contributed by atoms with E-state index in [9.17, 15) is 4.79 Å². The Hall–Kier alpha value is -0.570. The highest BCUT2D eigenvalue weighted by atomic mass is 16.1. The summed E-state index contributed by atoms with van der Waals surface area (Å²) in [5.41, 5.74) is 5.91. The van der Waals surface area contributed by atoms with E-state index in [1.54, 1.807) is 0 Å². The Bertz CT molecular complexity index is 267. The minimum atomic E-state index is -0.184. The number of hydrogen-bond acceptors (Lipinski definition) is 2. The molecule has 1 unspecified atom stereocenters. The van der Waals surface area contributed by atoms with Gasteiger partial charge in [-0.15, -0.1) is 0 Å². The van der Waals surface area contributed by atoms with Crippen molar-refractivity contribution in [3.05, 3.63) is 0 Å². The molecule has 0 spiro atoms. The number of carbonyl (C=O) groups excluding carboxylic acids is 1. The molecule has 0 aromatic carbocycles. The van der Waals surface area contributed by atoms with Gasteiger partial charge in [-0.25, -0.2) is 0 Å². The molecule has 1 atom stereocenters. The molecule has 0 aromatic heterocycles. The van der Waals surface area contributed by atoms with E-state index in [4.69, 9.17) is 5.73 Å². The van der Waals surface area contributed by atoms with E-state index in [0.29, 0.717) is 18.4 Å². The Morgan fingerprint density at radius 2 is 1.94 bits per heavy atom. The molecule has 1 amide bonds. The zero-order valence-electron chi connectivity index (χ0n) is 11.0. The molecular formula is C14H26N2O. The number of amides is 1. The van der Waals surface area contributed by atoms with Gasteiger partial charge in [0.2, 0.25) is 5.91 Å². The maximum Gasteiger partial charge on any atom is 0.222 e. The van der Waals surface area contributed by atoms with Gasteiger partial charge in [0.1, 0.15) is 0 Å². The average Bonchev–Trinajstić information content (AvgIpc) is 2.28. The Labute approximate surface area is 105 Å². The molecule has 3 heteroatoms. The van der Waals surface area contributed by atoms with Crippen LogP contribution in [0.25, 0.3) is 0 Å². The van der Waals surface area contributed by atoms with Gasteiger partial charge in [-0.2, -0.15) is 0 Å². The van der Waals surface area contributed by atoms with Crippen LogP contribution in [0, 0.1) is 5.92 Å². The zero-order chi connectivity index (χ0) is 12.3. The standard InChI is InChI=1S/C14H26N2O/c1-11(12-6-3-2-4-7-12)16-13(17)10-14(15)8-5-9-14/h11-12H,2-10,15H2,1H3,(H,16,17). The minimum Gasteiger partial charge on any atom is -0.353 e. The first-order valence-corrected chi connectivity index (χ1v) is 7.17. The van der Waals surface area contributed by atoms with Gasteiger partial charge >= 0.3 is 0 Å². The summed E-state index contributed by atoms with van der Waals surface area (Å²) >= 11 is 0. The third kappa shape index (κ3) is 3.44. The van der Waals surface area contributed by atoms with Crippen molar-refractivity contribution in [3.8, 4) is 0 Å². The van der Waals surface area contributed by atoms with E-state index in [1.807, 2.05) is 0 Å². The van der Waals surface area contributed by atoms with Crippen molar-refractivity contribution in [1.82, 2.24) is 5.32 Å². The first kappa shape index (κ1) is 12.9. The second-order valence-corrected chi connectivity index (χ2v) is 6.15.